The van der Waals surface area contributed by atoms with Gasteiger partial charge < -0.3 is 10.6 Å². The number of rotatable bonds is 4. The van der Waals surface area contributed by atoms with Crippen LogP contribution in [0.25, 0.3) is 0 Å². The van der Waals surface area contributed by atoms with E-state index in [-0.39, 0.29) is 0 Å². The highest BCUT2D eigenvalue weighted by Gasteiger charge is 2.12. The first kappa shape index (κ1) is 13.8. The Balaban J connectivity index is 2.28. The van der Waals surface area contributed by atoms with Crippen molar-refractivity contribution in [1.82, 2.24) is 9.97 Å². The molecule has 2 aromatic rings. The van der Waals surface area contributed by atoms with Crippen LogP contribution in [0.5, 0.6) is 0 Å². The fourth-order valence-corrected chi connectivity index (χ4v) is 2.45. The predicted molar refractivity (Wildman–Crippen MR) is 82.1 cm³/mol. The minimum atomic E-state index is 0.562. The number of nitrogens with zero attached hydrogens (tertiary/aromatic N) is 3. The Bertz CT molecular complexity index is 571. The Labute approximate surface area is 121 Å². The lowest BCUT2D eigenvalue weighted by molar-refractivity contribution is 0.869. The molecule has 2 rings (SSSR count). The van der Waals surface area contributed by atoms with E-state index >= 15 is 0 Å². The summed E-state index contributed by atoms with van der Waals surface area (Å²) in [4.78, 5) is 10.5. The Kier molecular flexibility index (Phi) is 4.37. The van der Waals surface area contributed by atoms with Crippen molar-refractivity contribution in [2.24, 2.45) is 0 Å². The van der Waals surface area contributed by atoms with Crippen LogP contribution in [0.3, 0.4) is 0 Å². The molecule has 1 aromatic heterocycles. The first-order chi connectivity index (χ1) is 9.13. The molecular weight excluding hydrogens is 304 g/mol. The standard InChI is InChI=1S/C14H17BrN4/c1-3-11-13(16)17-9-18-14(11)19(2)8-10-6-4-5-7-12(10)15/h4-7,9H,3,8H2,1-2H3,(H2,16,17,18). The van der Waals surface area contributed by atoms with Crippen LogP contribution in [-0.2, 0) is 13.0 Å². The van der Waals surface area contributed by atoms with E-state index in [1.165, 1.54) is 11.9 Å². The fraction of sp³-hybridized carbons (Fsp3) is 0.286. The van der Waals surface area contributed by atoms with Crippen molar-refractivity contribution in [1.29, 1.82) is 0 Å². The normalized spacial score (nSPS) is 10.5. The summed E-state index contributed by atoms with van der Waals surface area (Å²) in [6.45, 7) is 2.83. The quantitative estimate of drug-likeness (QED) is 0.940. The maximum atomic E-state index is 5.91. The largest absolute Gasteiger partial charge is 0.383 e. The lowest BCUT2D eigenvalue weighted by atomic mass is 10.2. The van der Waals surface area contributed by atoms with Crippen LogP contribution in [0, 0.1) is 0 Å². The molecule has 0 spiro atoms. The van der Waals surface area contributed by atoms with Gasteiger partial charge in [0, 0.05) is 23.6 Å². The molecule has 0 fully saturated rings. The topological polar surface area (TPSA) is 55.0 Å². The van der Waals surface area contributed by atoms with Gasteiger partial charge in [0.15, 0.2) is 0 Å². The summed E-state index contributed by atoms with van der Waals surface area (Å²) >= 11 is 3.56. The molecule has 0 saturated carbocycles. The van der Waals surface area contributed by atoms with Crippen LogP contribution in [0.1, 0.15) is 18.1 Å². The minimum Gasteiger partial charge on any atom is -0.383 e. The van der Waals surface area contributed by atoms with Crippen molar-refractivity contribution in [3.05, 3.63) is 46.2 Å². The minimum absolute atomic E-state index is 0.562. The number of halogens is 1. The van der Waals surface area contributed by atoms with E-state index in [9.17, 15) is 0 Å². The van der Waals surface area contributed by atoms with Crippen molar-refractivity contribution < 1.29 is 0 Å². The lowest BCUT2D eigenvalue weighted by Crippen LogP contribution is -2.20. The Hall–Kier alpha value is -1.62. The van der Waals surface area contributed by atoms with Gasteiger partial charge in [0.1, 0.15) is 18.0 Å². The number of hydrogen-bond donors (Lipinski definition) is 1. The zero-order valence-corrected chi connectivity index (χ0v) is 12.7. The molecule has 0 amide bonds. The number of aromatic nitrogens is 2. The Morgan fingerprint density at radius 3 is 2.68 bits per heavy atom. The molecule has 1 aromatic carbocycles. The van der Waals surface area contributed by atoms with E-state index in [4.69, 9.17) is 5.73 Å². The third kappa shape index (κ3) is 3.04. The van der Waals surface area contributed by atoms with Gasteiger partial charge in [-0.2, -0.15) is 0 Å². The monoisotopic (exact) mass is 320 g/mol. The molecule has 100 valence electrons. The predicted octanol–water partition coefficient (Wildman–Crippen LogP) is 3.02. The second-order valence-electron chi connectivity index (χ2n) is 4.36. The molecule has 0 aliphatic heterocycles. The van der Waals surface area contributed by atoms with Gasteiger partial charge in [-0.1, -0.05) is 41.1 Å². The number of hydrogen-bond acceptors (Lipinski definition) is 4. The first-order valence-corrected chi connectivity index (χ1v) is 6.96. The Morgan fingerprint density at radius 2 is 2.00 bits per heavy atom. The van der Waals surface area contributed by atoms with Crippen LogP contribution < -0.4 is 10.6 Å². The van der Waals surface area contributed by atoms with E-state index in [2.05, 4.69) is 43.8 Å². The zero-order valence-electron chi connectivity index (χ0n) is 11.1. The van der Waals surface area contributed by atoms with Crippen LogP contribution >= 0.6 is 15.9 Å². The molecule has 4 nitrogen and oxygen atoms in total. The van der Waals surface area contributed by atoms with E-state index < -0.39 is 0 Å². The molecule has 0 aliphatic rings. The van der Waals surface area contributed by atoms with E-state index in [1.54, 1.807) is 0 Å². The fourth-order valence-electron chi connectivity index (χ4n) is 2.04. The first-order valence-electron chi connectivity index (χ1n) is 6.17. The zero-order chi connectivity index (χ0) is 13.8. The maximum absolute atomic E-state index is 5.91. The summed E-state index contributed by atoms with van der Waals surface area (Å²) in [5, 5.41) is 0. The molecule has 0 bridgehead atoms. The van der Waals surface area contributed by atoms with Gasteiger partial charge in [0.25, 0.3) is 0 Å². The molecule has 2 N–H and O–H groups in total. The molecule has 5 heteroatoms. The second kappa shape index (κ2) is 6.02. The number of benzene rings is 1. The van der Waals surface area contributed by atoms with Crippen molar-refractivity contribution in [3.8, 4) is 0 Å². The number of nitrogen functional groups attached to an aromatic ring is 1. The summed E-state index contributed by atoms with van der Waals surface area (Å²) in [6.07, 6.45) is 2.34. The average Bonchev–Trinajstić information content (AvgIpc) is 2.41. The van der Waals surface area contributed by atoms with Gasteiger partial charge in [0.05, 0.1) is 0 Å². The van der Waals surface area contributed by atoms with Gasteiger partial charge in [0.2, 0.25) is 0 Å². The molecule has 19 heavy (non-hydrogen) atoms. The third-order valence-electron chi connectivity index (χ3n) is 3.04. The molecule has 0 radical (unpaired) electrons. The molecular formula is C14H17BrN4. The highest BCUT2D eigenvalue weighted by atomic mass is 79.9. The summed E-state index contributed by atoms with van der Waals surface area (Å²) in [5.74, 6) is 1.46. The molecule has 1 heterocycles. The second-order valence-corrected chi connectivity index (χ2v) is 5.22. The van der Waals surface area contributed by atoms with Gasteiger partial charge in [-0.25, -0.2) is 9.97 Å². The van der Waals surface area contributed by atoms with Gasteiger partial charge in [-0.15, -0.1) is 0 Å². The van der Waals surface area contributed by atoms with E-state index in [0.717, 1.165) is 28.8 Å². The molecule has 0 aliphatic carbocycles. The summed E-state index contributed by atoms with van der Waals surface area (Å²) in [7, 11) is 2.01. The molecule has 0 saturated heterocycles. The van der Waals surface area contributed by atoms with Crippen LogP contribution in [-0.4, -0.2) is 17.0 Å². The number of nitrogens with two attached hydrogens (primary N) is 1. The van der Waals surface area contributed by atoms with Crippen molar-refractivity contribution in [2.45, 2.75) is 19.9 Å². The summed E-state index contributed by atoms with van der Waals surface area (Å²) < 4.78 is 1.10. The van der Waals surface area contributed by atoms with Crippen molar-refractivity contribution in [2.75, 3.05) is 17.7 Å². The highest BCUT2D eigenvalue weighted by Crippen LogP contribution is 2.24. The molecule has 0 unspecified atom stereocenters. The smallest absolute Gasteiger partial charge is 0.137 e. The van der Waals surface area contributed by atoms with Crippen LogP contribution in [0.15, 0.2) is 35.1 Å². The third-order valence-corrected chi connectivity index (χ3v) is 3.81. The van der Waals surface area contributed by atoms with Gasteiger partial charge in [-0.05, 0) is 18.1 Å². The van der Waals surface area contributed by atoms with E-state index in [0.29, 0.717) is 5.82 Å². The van der Waals surface area contributed by atoms with Crippen LogP contribution in [0.4, 0.5) is 11.6 Å². The number of anilines is 2. The summed E-state index contributed by atoms with van der Waals surface area (Å²) in [5.41, 5.74) is 8.12. The van der Waals surface area contributed by atoms with E-state index in [1.807, 2.05) is 25.2 Å². The Morgan fingerprint density at radius 1 is 1.26 bits per heavy atom. The summed E-state index contributed by atoms with van der Waals surface area (Å²) in [6, 6.07) is 8.17. The SMILES string of the molecule is CCc1c(N)ncnc1N(C)Cc1ccccc1Br. The average molecular weight is 321 g/mol. The lowest BCUT2D eigenvalue weighted by Gasteiger charge is -2.21. The molecule has 0 atom stereocenters. The maximum Gasteiger partial charge on any atom is 0.137 e. The van der Waals surface area contributed by atoms with Crippen molar-refractivity contribution in [3.63, 3.8) is 0 Å². The van der Waals surface area contributed by atoms with Gasteiger partial charge >= 0.3 is 0 Å². The van der Waals surface area contributed by atoms with Crippen molar-refractivity contribution >= 4 is 27.6 Å². The van der Waals surface area contributed by atoms with Gasteiger partial charge in [-0.3, -0.25) is 0 Å². The highest BCUT2D eigenvalue weighted by molar-refractivity contribution is 9.10. The van der Waals surface area contributed by atoms with Crippen LogP contribution in [0.2, 0.25) is 0 Å².